The number of hydrogen-bond donors (Lipinski definition) is 0. The summed E-state index contributed by atoms with van der Waals surface area (Å²) in [7, 11) is 2.14. The van der Waals surface area contributed by atoms with E-state index in [0.29, 0.717) is 5.92 Å². The summed E-state index contributed by atoms with van der Waals surface area (Å²) in [5.74, 6) is 2.45. The van der Waals surface area contributed by atoms with Gasteiger partial charge in [0.15, 0.2) is 6.20 Å². The van der Waals surface area contributed by atoms with Crippen LogP contribution < -0.4 is 9.30 Å². The first-order valence-electron chi connectivity index (χ1n) is 11.0. The summed E-state index contributed by atoms with van der Waals surface area (Å²) in [6.07, 6.45) is 2.19. The lowest BCUT2D eigenvalue weighted by Gasteiger charge is -2.24. The fourth-order valence-electron chi connectivity index (χ4n) is 5.30. The second-order valence-corrected chi connectivity index (χ2v) is 9.18. The van der Waals surface area contributed by atoms with Crippen LogP contribution in [-0.2, 0) is 7.05 Å². The monoisotopic (exact) mass is 404 g/mol. The molecule has 0 spiro atoms. The highest BCUT2D eigenvalue weighted by molar-refractivity contribution is 6.16. The van der Waals surface area contributed by atoms with Gasteiger partial charge in [-0.15, -0.1) is 0 Å². The van der Waals surface area contributed by atoms with Gasteiger partial charge in [-0.2, -0.15) is 0 Å². The van der Waals surface area contributed by atoms with E-state index in [1.807, 2.05) is 0 Å². The van der Waals surface area contributed by atoms with Gasteiger partial charge in [-0.3, -0.25) is 0 Å². The third-order valence-corrected chi connectivity index (χ3v) is 7.02. The molecular formula is C29H26NO+. The lowest BCUT2D eigenvalue weighted by atomic mass is 9.88. The zero-order chi connectivity index (χ0) is 21.4. The van der Waals surface area contributed by atoms with Crippen molar-refractivity contribution >= 4 is 32.3 Å². The number of pyridine rings is 1. The molecule has 5 aromatic rings. The average molecular weight is 405 g/mol. The van der Waals surface area contributed by atoms with Gasteiger partial charge in [-0.25, -0.2) is 4.57 Å². The minimum Gasteiger partial charge on any atom is -0.455 e. The quantitative estimate of drug-likeness (QED) is 0.204. The van der Waals surface area contributed by atoms with E-state index >= 15 is 0 Å². The van der Waals surface area contributed by atoms with Crippen LogP contribution in [0, 0.1) is 13.8 Å². The summed E-state index contributed by atoms with van der Waals surface area (Å²) in [5.41, 5.74) is 6.30. The molecule has 0 atom stereocenters. The van der Waals surface area contributed by atoms with E-state index < -0.39 is 0 Å². The van der Waals surface area contributed by atoms with Crippen LogP contribution in [0.4, 0.5) is 0 Å². The van der Waals surface area contributed by atoms with Crippen molar-refractivity contribution in [2.24, 2.45) is 7.05 Å². The van der Waals surface area contributed by atoms with Crippen molar-refractivity contribution in [3.05, 3.63) is 77.5 Å². The maximum absolute atomic E-state index is 6.72. The maximum atomic E-state index is 6.72. The van der Waals surface area contributed by atoms with E-state index in [0.717, 1.165) is 11.5 Å². The van der Waals surface area contributed by atoms with Gasteiger partial charge < -0.3 is 4.74 Å². The van der Waals surface area contributed by atoms with Gasteiger partial charge >= 0.3 is 0 Å². The number of fused-ring (bicyclic) bond motifs is 5. The Bertz CT molecular complexity index is 1560. The van der Waals surface area contributed by atoms with Gasteiger partial charge in [0.05, 0.1) is 10.9 Å². The minimum atomic E-state index is 0.499. The van der Waals surface area contributed by atoms with E-state index in [1.165, 1.54) is 60.3 Å². The number of aryl methyl sites for hydroxylation is 3. The van der Waals surface area contributed by atoms with E-state index in [-0.39, 0.29) is 0 Å². The van der Waals surface area contributed by atoms with Crippen LogP contribution in [0.15, 0.2) is 60.8 Å². The molecule has 0 fully saturated rings. The SMILES string of the molecule is Cc1c2c(c(C)c3ccccc13)-c1c3c(cc4cc(C(C)C)ccc4c3cc[n+]1C)O2. The smallest absolute Gasteiger partial charge is 0.228 e. The van der Waals surface area contributed by atoms with E-state index in [4.69, 9.17) is 4.74 Å². The molecule has 6 rings (SSSR count). The molecule has 0 aliphatic carbocycles. The Kier molecular flexibility index (Phi) is 3.74. The highest BCUT2D eigenvalue weighted by atomic mass is 16.5. The third kappa shape index (κ3) is 2.42. The zero-order valence-corrected chi connectivity index (χ0v) is 18.7. The molecule has 0 saturated heterocycles. The van der Waals surface area contributed by atoms with Gasteiger partial charge in [0.25, 0.3) is 0 Å². The number of nitrogens with zero attached hydrogens (tertiary/aromatic N) is 1. The molecule has 4 aromatic carbocycles. The van der Waals surface area contributed by atoms with E-state index in [2.05, 4.69) is 100 Å². The largest absolute Gasteiger partial charge is 0.455 e. The summed E-state index contributed by atoms with van der Waals surface area (Å²) in [6.45, 7) is 8.90. The van der Waals surface area contributed by atoms with Crippen molar-refractivity contribution < 1.29 is 9.30 Å². The summed E-state index contributed by atoms with van der Waals surface area (Å²) >= 11 is 0. The average Bonchev–Trinajstić information content (AvgIpc) is 2.78. The molecule has 2 heterocycles. The van der Waals surface area contributed by atoms with Crippen molar-refractivity contribution in [1.29, 1.82) is 0 Å². The lowest BCUT2D eigenvalue weighted by Crippen LogP contribution is -2.32. The molecule has 0 saturated carbocycles. The predicted molar refractivity (Wildman–Crippen MR) is 129 cm³/mol. The Labute approximate surface area is 182 Å². The first-order valence-corrected chi connectivity index (χ1v) is 11.0. The minimum absolute atomic E-state index is 0.499. The van der Waals surface area contributed by atoms with Crippen molar-refractivity contribution in [3.8, 4) is 22.8 Å². The van der Waals surface area contributed by atoms with E-state index in [9.17, 15) is 0 Å². The van der Waals surface area contributed by atoms with Crippen molar-refractivity contribution in [2.75, 3.05) is 0 Å². The molecule has 1 aromatic heterocycles. The van der Waals surface area contributed by atoms with Gasteiger partial charge in [0, 0.05) is 17.0 Å². The van der Waals surface area contributed by atoms with Crippen LogP contribution in [0.1, 0.15) is 36.5 Å². The fraction of sp³-hybridized carbons (Fsp3) is 0.207. The molecule has 1 aliphatic rings. The van der Waals surface area contributed by atoms with E-state index in [1.54, 1.807) is 0 Å². The molecule has 0 bridgehead atoms. The summed E-state index contributed by atoms with van der Waals surface area (Å²) in [5, 5.41) is 7.55. The Hall–Kier alpha value is -3.39. The molecule has 31 heavy (non-hydrogen) atoms. The van der Waals surface area contributed by atoms with Crippen LogP contribution in [0.3, 0.4) is 0 Å². The standard InChI is InChI=1S/C29H26NO/c1-16(2)19-10-11-23-20(14-19)15-25-27-24(23)12-13-30(5)28(27)26-17(3)21-8-6-7-9-22(21)18(4)29(26)31-25/h6-16H,1-5H3/q+1. The molecule has 0 unspecified atom stereocenters. The second kappa shape index (κ2) is 6.31. The number of aromatic nitrogens is 1. The lowest BCUT2D eigenvalue weighted by molar-refractivity contribution is -0.659. The Morgan fingerprint density at radius 3 is 2.29 bits per heavy atom. The van der Waals surface area contributed by atoms with Crippen molar-refractivity contribution in [1.82, 2.24) is 0 Å². The van der Waals surface area contributed by atoms with Crippen LogP contribution in [-0.4, -0.2) is 0 Å². The van der Waals surface area contributed by atoms with Crippen molar-refractivity contribution in [3.63, 3.8) is 0 Å². The topological polar surface area (TPSA) is 13.1 Å². The number of ether oxygens (including phenoxy) is 1. The first kappa shape index (κ1) is 18.4. The van der Waals surface area contributed by atoms with Crippen LogP contribution in [0.5, 0.6) is 11.5 Å². The highest BCUT2D eigenvalue weighted by Crippen LogP contribution is 2.51. The van der Waals surface area contributed by atoms with Gasteiger partial charge in [-0.05, 0) is 58.5 Å². The molecule has 1 aliphatic heterocycles. The number of benzene rings is 4. The number of hydrogen-bond acceptors (Lipinski definition) is 1. The third-order valence-electron chi connectivity index (χ3n) is 7.02. The van der Waals surface area contributed by atoms with Crippen LogP contribution >= 0.6 is 0 Å². The Morgan fingerprint density at radius 2 is 1.55 bits per heavy atom. The molecule has 152 valence electrons. The predicted octanol–water partition coefficient (Wildman–Crippen LogP) is 7.48. The molecule has 0 N–H and O–H groups in total. The van der Waals surface area contributed by atoms with Crippen molar-refractivity contribution in [2.45, 2.75) is 33.6 Å². The Morgan fingerprint density at radius 1 is 0.806 bits per heavy atom. The summed E-state index contributed by atoms with van der Waals surface area (Å²) < 4.78 is 8.97. The van der Waals surface area contributed by atoms with Crippen LogP contribution in [0.2, 0.25) is 0 Å². The highest BCUT2D eigenvalue weighted by Gasteiger charge is 2.32. The normalized spacial score (nSPS) is 12.6. The summed E-state index contributed by atoms with van der Waals surface area (Å²) in [4.78, 5) is 0. The molecular weight excluding hydrogens is 378 g/mol. The first-order chi connectivity index (χ1) is 15.0. The maximum Gasteiger partial charge on any atom is 0.228 e. The summed E-state index contributed by atoms with van der Waals surface area (Å²) in [6, 6.07) is 20.0. The molecule has 0 amide bonds. The van der Waals surface area contributed by atoms with Gasteiger partial charge in [0.2, 0.25) is 5.69 Å². The second-order valence-electron chi connectivity index (χ2n) is 9.18. The fourth-order valence-corrected chi connectivity index (χ4v) is 5.30. The zero-order valence-electron chi connectivity index (χ0n) is 18.7. The van der Waals surface area contributed by atoms with Crippen LogP contribution in [0.25, 0.3) is 43.6 Å². The molecule has 2 nitrogen and oxygen atoms in total. The molecule has 0 radical (unpaired) electrons. The van der Waals surface area contributed by atoms with Gasteiger partial charge in [-0.1, -0.05) is 56.3 Å². The number of rotatable bonds is 1. The molecule has 2 heteroatoms. The Balaban J connectivity index is 1.80. The van der Waals surface area contributed by atoms with Gasteiger partial charge in [0.1, 0.15) is 18.5 Å².